The number of pyridine rings is 1. The molecule has 0 aliphatic heterocycles. The maximum Gasteiger partial charge on any atom is 0.339 e. The summed E-state index contributed by atoms with van der Waals surface area (Å²) >= 11 is 1.38. The summed E-state index contributed by atoms with van der Waals surface area (Å²) in [7, 11) is 0. The molecule has 2 aromatic heterocycles. The Morgan fingerprint density at radius 2 is 2.11 bits per heavy atom. The highest BCUT2D eigenvalue weighted by Crippen LogP contribution is 2.26. The van der Waals surface area contributed by atoms with E-state index in [-0.39, 0.29) is 29.0 Å². The van der Waals surface area contributed by atoms with Crippen molar-refractivity contribution in [1.82, 2.24) is 9.97 Å². The van der Waals surface area contributed by atoms with E-state index in [1.54, 1.807) is 19.1 Å². The van der Waals surface area contributed by atoms with E-state index in [0.29, 0.717) is 11.0 Å². The van der Waals surface area contributed by atoms with Crippen molar-refractivity contribution in [2.75, 3.05) is 17.1 Å². The molecule has 2 N–H and O–H groups in total. The number of hydrogen-bond acceptors (Lipinski definition) is 6. The van der Waals surface area contributed by atoms with Crippen LogP contribution >= 0.6 is 11.9 Å². The number of H-pyrrole nitrogens is 1. The Balaban J connectivity index is 1.96. The van der Waals surface area contributed by atoms with E-state index in [4.69, 9.17) is 4.74 Å². The van der Waals surface area contributed by atoms with Crippen molar-refractivity contribution in [2.45, 2.75) is 20.3 Å². The number of fused-ring (bicyclic) bond motifs is 1. The van der Waals surface area contributed by atoms with Gasteiger partial charge in [-0.3, -0.25) is 4.79 Å². The van der Waals surface area contributed by atoms with Crippen LogP contribution in [0.5, 0.6) is 0 Å². The molecule has 0 aliphatic rings. The zero-order chi connectivity index (χ0) is 20.1. The summed E-state index contributed by atoms with van der Waals surface area (Å²) in [6.07, 6.45) is 3.80. The summed E-state index contributed by atoms with van der Waals surface area (Å²) < 4.78 is 22.8. The molecule has 8 heteroatoms. The van der Waals surface area contributed by atoms with Crippen molar-refractivity contribution in [3.05, 3.63) is 59.2 Å². The average molecular weight is 401 g/mol. The number of aromatic nitrogens is 2. The number of carbonyl (C=O) groups is 2. The van der Waals surface area contributed by atoms with E-state index >= 15 is 0 Å². The van der Waals surface area contributed by atoms with Crippen LogP contribution in [0.4, 0.5) is 10.1 Å². The monoisotopic (exact) mass is 401 g/mol. The van der Waals surface area contributed by atoms with Crippen molar-refractivity contribution in [1.29, 1.82) is 0 Å². The number of aromatic amines is 1. The normalized spacial score (nSPS) is 10.8. The van der Waals surface area contributed by atoms with Gasteiger partial charge in [-0.25, -0.2) is 14.2 Å². The van der Waals surface area contributed by atoms with Crippen molar-refractivity contribution >= 4 is 40.4 Å². The summed E-state index contributed by atoms with van der Waals surface area (Å²) in [6, 6.07) is 6.18. The number of anilines is 1. The number of carbonyl (C=O) groups excluding carboxylic acids is 2. The maximum absolute atomic E-state index is 14.9. The van der Waals surface area contributed by atoms with Gasteiger partial charge in [-0.15, -0.1) is 0 Å². The Morgan fingerprint density at radius 3 is 2.86 bits per heavy atom. The molecule has 3 aromatic rings. The van der Waals surface area contributed by atoms with Crippen molar-refractivity contribution in [3.63, 3.8) is 0 Å². The lowest BCUT2D eigenvalue weighted by molar-refractivity contribution is 0.0526. The van der Waals surface area contributed by atoms with Crippen LogP contribution in [0.2, 0.25) is 0 Å². The first-order chi connectivity index (χ1) is 13.6. The largest absolute Gasteiger partial charge is 0.462 e. The predicted molar refractivity (Wildman–Crippen MR) is 108 cm³/mol. The van der Waals surface area contributed by atoms with Crippen molar-refractivity contribution < 1.29 is 18.7 Å². The Labute approximate surface area is 166 Å². The Kier molecular flexibility index (Phi) is 6.30. The number of nitrogens with zero attached hydrogens (tertiary/aromatic N) is 1. The lowest BCUT2D eigenvalue weighted by Gasteiger charge is -2.09. The minimum Gasteiger partial charge on any atom is -0.462 e. The molecule has 28 heavy (non-hydrogen) atoms. The Hall–Kier alpha value is -2.87. The molecule has 0 atom stereocenters. The van der Waals surface area contributed by atoms with Gasteiger partial charge in [0.05, 0.1) is 23.4 Å². The second-order valence-corrected chi connectivity index (χ2v) is 6.89. The van der Waals surface area contributed by atoms with Gasteiger partial charge in [0.15, 0.2) is 11.6 Å². The highest BCUT2D eigenvalue weighted by atomic mass is 32.2. The van der Waals surface area contributed by atoms with Crippen LogP contribution in [-0.4, -0.2) is 34.1 Å². The second-order valence-electron chi connectivity index (χ2n) is 5.99. The fraction of sp³-hybridized carbons (Fsp3) is 0.250. The van der Waals surface area contributed by atoms with E-state index in [0.717, 1.165) is 12.2 Å². The van der Waals surface area contributed by atoms with Crippen LogP contribution in [0.25, 0.3) is 11.0 Å². The van der Waals surface area contributed by atoms with Gasteiger partial charge in [0, 0.05) is 29.1 Å². The van der Waals surface area contributed by atoms with Crippen molar-refractivity contribution in [3.8, 4) is 0 Å². The molecular formula is C20H20FN3O3S. The molecule has 0 saturated carbocycles. The average Bonchev–Trinajstić information content (AvgIpc) is 3.12. The van der Waals surface area contributed by atoms with Gasteiger partial charge in [-0.05, 0) is 31.5 Å². The van der Waals surface area contributed by atoms with E-state index < -0.39 is 17.6 Å². The zero-order valence-corrected chi connectivity index (χ0v) is 16.4. The molecule has 1 aromatic carbocycles. The van der Waals surface area contributed by atoms with Gasteiger partial charge in [-0.2, -0.15) is 0 Å². The Morgan fingerprint density at radius 1 is 1.29 bits per heavy atom. The van der Waals surface area contributed by atoms with Gasteiger partial charge >= 0.3 is 5.97 Å². The minimum atomic E-state index is -0.611. The minimum absolute atomic E-state index is 0.0514. The standard InChI is InChI=1S/C20H20FN3O3S/c1-3-8-28-24-16-7-5-6-13(17(16)21)18(25)15-11-23-19-14(15)9-12(10-22-19)20(26)27-4-2/h5-7,9-11,24H,3-4,8H2,1-2H3,(H,22,23). The first-order valence-corrected chi connectivity index (χ1v) is 9.90. The van der Waals surface area contributed by atoms with E-state index in [9.17, 15) is 14.0 Å². The van der Waals surface area contributed by atoms with E-state index in [2.05, 4.69) is 14.7 Å². The lowest BCUT2D eigenvalue weighted by atomic mass is 10.0. The summed E-state index contributed by atoms with van der Waals surface area (Å²) in [5, 5.41) is 0.439. The molecule has 6 nitrogen and oxygen atoms in total. The number of benzene rings is 1. The quantitative estimate of drug-likeness (QED) is 0.249. The molecule has 2 heterocycles. The van der Waals surface area contributed by atoms with Gasteiger partial charge in [0.25, 0.3) is 0 Å². The molecule has 0 spiro atoms. The van der Waals surface area contributed by atoms with Crippen LogP contribution in [0.3, 0.4) is 0 Å². The fourth-order valence-corrected chi connectivity index (χ4v) is 3.30. The molecule has 0 saturated heterocycles. The third kappa shape index (κ3) is 4.01. The van der Waals surface area contributed by atoms with Gasteiger partial charge < -0.3 is 14.4 Å². The first-order valence-electron chi connectivity index (χ1n) is 8.92. The lowest BCUT2D eigenvalue weighted by Crippen LogP contribution is -2.07. The molecule has 0 radical (unpaired) electrons. The molecule has 0 unspecified atom stereocenters. The molecule has 0 amide bonds. The third-order valence-corrected chi connectivity index (χ3v) is 5.00. The number of esters is 1. The number of hydrogen-bond donors (Lipinski definition) is 2. The zero-order valence-electron chi connectivity index (χ0n) is 15.5. The fourth-order valence-electron chi connectivity index (χ4n) is 2.68. The van der Waals surface area contributed by atoms with Crippen LogP contribution in [-0.2, 0) is 4.74 Å². The second kappa shape index (κ2) is 8.88. The molecule has 0 aliphatic carbocycles. The van der Waals surface area contributed by atoms with Crippen LogP contribution < -0.4 is 4.72 Å². The topological polar surface area (TPSA) is 84.1 Å². The van der Waals surface area contributed by atoms with Crippen molar-refractivity contribution in [2.24, 2.45) is 0 Å². The first kappa shape index (κ1) is 19.9. The Bertz CT molecular complexity index is 1020. The number of ketones is 1. The summed E-state index contributed by atoms with van der Waals surface area (Å²) in [5.41, 5.74) is 1.12. The third-order valence-electron chi connectivity index (χ3n) is 4.02. The highest BCUT2D eigenvalue weighted by Gasteiger charge is 2.21. The number of halogens is 1. The van der Waals surface area contributed by atoms with Crippen LogP contribution in [0.15, 0.2) is 36.7 Å². The number of ether oxygens (including phenoxy) is 1. The predicted octanol–water partition coefficient (Wildman–Crippen LogP) is 4.58. The molecular weight excluding hydrogens is 381 g/mol. The summed E-state index contributed by atoms with van der Waals surface area (Å²) in [6.45, 7) is 3.97. The van der Waals surface area contributed by atoms with E-state index in [1.165, 1.54) is 36.5 Å². The van der Waals surface area contributed by atoms with Crippen LogP contribution in [0.1, 0.15) is 46.5 Å². The smallest absolute Gasteiger partial charge is 0.339 e. The molecule has 0 fully saturated rings. The van der Waals surface area contributed by atoms with Gasteiger partial charge in [0.1, 0.15) is 5.65 Å². The summed E-state index contributed by atoms with van der Waals surface area (Å²) in [4.78, 5) is 32.0. The molecule has 146 valence electrons. The molecule has 0 bridgehead atoms. The number of nitrogens with one attached hydrogen (secondary N) is 2. The van der Waals surface area contributed by atoms with E-state index in [1.807, 2.05) is 6.92 Å². The highest BCUT2D eigenvalue weighted by molar-refractivity contribution is 8.00. The van der Waals surface area contributed by atoms with Gasteiger partial charge in [-0.1, -0.05) is 24.9 Å². The SMILES string of the molecule is CCCSNc1cccc(C(=O)c2c[nH]c3ncc(C(=O)OCC)cc23)c1F. The molecule has 3 rings (SSSR count). The summed E-state index contributed by atoms with van der Waals surface area (Å²) in [5.74, 6) is -0.806. The maximum atomic E-state index is 14.9. The van der Waals surface area contributed by atoms with Gasteiger partial charge in [0.2, 0.25) is 0 Å². The van der Waals surface area contributed by atoms with Crippen LogP contribution in [0, 0.1) is 5.82 Å². The number of rotatable bonds is 8.